The summed E-state index contributed by atoms with van der Waals surface area (Å²) < 4.78 is 12.5. The van der Waals surface area contributed by atoms with Crippen LogP contribution in [0.25, 0.3) is 17.3 Å². The fourth-order valence-corrected chi connectivity index (χ4v) is 3.73. The van der Waals surface area contributed by atoms with Crippen molar-refractivity contribution in [1.29, 1.82) is 0 Å². The molecule has 4 rings (SSSR count). The molecule has 0 spiro atoms. The number of nitrogens with one attached hydrogen (secondary N) is 1. The first-order chi connectivity index (χ1) is 17.2. The maximum Gasteiger partial charge on any atom is 0.244 e. The van der Waals surface area contributed by atoms with Crippen LogP contribution >= 0.6 is 0 Å². The third-order valence-corrected chi connectivity index (χ3v) is 5.49. The smallest absolute Gasteiger partial charge is 0.244 e. The molecule has 0 bridgehead atoms. The summed E-state index contributed by atoms with van der Waals surface area (Å²) in [6, 6.07) is 19.7. The van der Waals surface area contributed by atoms with E-state index < -0.39 is 0 Å². The van der Waals surface area contributed by atoms with Crippen molar-refractivity contribution in [3.63, 3.8) is 0 Å². The van der Waals surface area contributed by atoms with Crippen LogP contribution < -0.4 is 14.8 Å². The van der Waals surface area contributed by atoms with Gasteiger partial charge < -0.3 is 14.8 Å². The van der Waals surface area contributed by atoms with Gasteiger partial charge in [0, 0.05) is 42.3 Å². The monoisotopic (exact) mass is 468 g/mol. The second kappa shape index (κ2) is 11.7. The number of amides is 1. The Bertz CT molecular complexity index is 1280. The minimum atomic E-state index is -0.168. The number of nitrogens with zero attached hydrogens (tertiary/aromatic N) is 3. The molecule has 0 aliphatic heterocycles. The van der Waals surface area contributed by atoms with Crippen molar-refractivity contribution in [2.45, 2.75) is 13.0 Å². The van der Waals surface area contributed by atoms with Crippen molar-refractivity contribution in [1.82, 2.24) is 20.1 Å². The Labute approximate surface area is 205 Å². The molecule has 4 aromatic rings. The number of carbonyl (C=O) groups excluding carboxylic acids is 1. The minimum Gasteiger partial charge on any atom is -0.493 e. The highest BCUT2D eigenvalue weighted by atomic mass is 16.5. The highest BCUT2D eigenvalue weighted by Crippen LogP contribution is 2.27. The SMILES string of the molecule is COc1ccc(CCNC(=O)/C=C/c2cn(Cc3ccccc3)nc2-c2cccnc2)cc1OC. The number of hydrogen-bond acceptors (Lipinski definition) is 5. The molecule has 0 fully saturated rings. The standard InChI is InChI=1S/C28H28N4O3/c1-34-25-12-10-21(17-26(25)35-2)14-16-30-27(33)13-11-24-20-32(19-22-7-4-3-5-8-22)31-28(24)23-9-6-15-29-18-23/h3-13,15,17-18,20H,14,16,19H2,1-2H3,(H,30,33)/b13-11+. The zero-order chi connectivity index (χ0) is 24.5. The van der Waals surface area contributed by atoms with E-state index in [1.54, 1.807) is 38.8 Å². The zero-order valence-corrected chi connectivity index (χ0v) is 19.8. The molecule has 0 unspecified atom stereocenters. The fourth-order valence-electron chi connectivity index (χ4n) is 3.73. The van der Waals surface area contributed by atoms with E-state index in [1.807, 2.05) is 59.4 Å². The van der Waals surface area contributed by atoms with E-state index in [0.29, 0.717) is 31.0 Å². The summed E-state index contributed by atoms with van der Waals surface area (Å²) in [4.78, 5) is 16.7. The van der Waals surface area contributed by atoms with Crippen LogP contribution in [0.1, 0.15) is 16.7 Å². The van der Waals surface area contributed by atoms with Gasteiger partial charge in [0.1, 0.15) is 5.69 Å². The molecule has 0 atom stereocenters. The highest BCUT2D eigenvalue weighted by Gasteiger charge is 2.11. The summed E-state index contributed by atoms with van der Waals surface area (Å²) in [6.07, 6.45) is 9.46. The maximum absolute atomic E-state index is 12.5. The van der Waals surface area contributed by atoms with Gasteiger partial charge in [0.2, 0.25) is 5.91 Å². The zero-order valence-electron chi connectivity index (χ0n) is 19.8. The van der Waals surface area contributed by atoms with Gasteiger partial charge in [0.05, 0.1) is 20.8 Å². The molecule has 1 amide bonds. The number of methoxy groups -OCH3 is 2. The van der Waals surface area contributed by atoms with Gasteiger partial charge in [-0.25, -0.2) is 0 Å². The number of carbonyl (C=O) groups is 1. The van der Waals surface area contributed by atoms with Crippen LogP contribution in [0.2, 0.25) is 0 Å². The lowest BCUT2D eigenvalue weighted by atomic mass is 10.1. The van der Waals surface area contributed by atoms with Gasteiger partial charge >= 0.3 is 0 Å². The van der Waals surface area contributed by atoms with Crippen molar-refractivity contribution in [2.24, 2.45) is 0 Å². The summed E-state index contributed by atoms with van der Waals surface area (Å²) in [6.45, 7) is 1.14. The summed E-state index contributed by atoms with van der Waals surface area (Å²) >= 11 is 0. The van der Waals surface area contributed by atoms with E-state index in [0.717, 1.165) is 27.9 Å². The van der Waals surface area contributed by atoms with Gasteiger partial charge in [-0.05, 0) is 47.9 Å². The molecule has 0 aliphatic rings. The molecule has 2 aromatic heterocycles. The number of benzene rings is 2. The van der Waals surface area contributed by atoms with Gasteiger partial charge in [-0.3, -0.25) is 14.5 Å². The number of hydrogen-bond donors (Lipinski definition) is 1. The predicted molar refractivity (Wildman–Crippen MR) is 136 cm³/mol. The topological polar surface area (TPSA) is 78.3 Å². The molecule has 7 nitrogen and oxygen atoms in total. The van der Waals surface area contributed by atoms with E-state index in [2.05, 4.69) is 22.4 Å². The molecule has 0 aliphatic carbocycles. The van der Waals surface area contributed by atoms with Crippen molar-refractivity contribution in [2.75, 3.05) is 20.8 Å². The van der Waals surface area contributed by atoms with Crippen LogP contribution in [0.5, 0.6) is 11.5 Å². The fraction of sp³-hybridized carbons (Fsp3) is 0.179. The lowest BCUT2D eigenvalue weighted by molar-refractivity contribution is -0.116. The van der Waals surface area contributed by atoms with Gasteiger partial charge in [0.15, 0.2) is 11.5 Å². The first-order valence-electron chi connectivity index (χ1n) is 11.3. The van der Waals surface area contributed by atoms with Gasteiger partial charge in [0.25, 0.3) is 0 Å². The Kier molecular flexibility index (Phi) is 7.91. The molecule has 2 heterocycles. The predicted octanol–water partition coefficient (Wildman–Crippen LogP) is 4.38. The number of ether oxygens (including phenoxy) is 2. The molecular weight excluding hydrogens is 440 g/mol. The summed E-state index contributed by atoms with van der Waals surface area (Å²) in [5.74, 6) is 1.19. The maximum atomic E-state index is 12.5. The van der Waals surface area contributed by atoms with Crippen LogP contribution in [-0.2, 0) is 17.8 Å². The first-order valence-corrected chi connectivity index (χ1v) is 11.3. The van der Waals surface area contributed by atoms with Gasteiger partial charge in [-0.2, -0.15) is 5.10 Å². The Balaban J connectivity index is 1.43. The first kappa shape index (κ1) is 23.8. The highest BCUT2D eigenvalue weighted by molar-refractivity contribution is 5.92. The lowest BCUT2D eigenvalue weighted by Gasteiger charge is -2.09. The summed E-state index contributed by atoms with van der Waals surface area (Å²) in [5.41, 5.74) is 4.73. The third kappa shape index (κ3) is 6.35. The summed E-state index contributed by atoms with van der Waals surface area (Å²) in [5, 5.41) is 7.69. The van der Waals surface area contributed by atoms with Crippen LogP contribution in [0, 0.1) is 0 Å². The van der Waals surface area contributed by atoms with E-state index in [-0.39, 0.29) is 5.91 Å². The molecule has 2 aromatic carbocycles. The Morgan fingerprint density at radius 1 is 1.00 bits per heavy atom. The normalized spacial score (nSPS) is 10.9. The van der Waals surface area contributed by atoms with E-state index in [1.165, 1.54) is 0 Å². The Hall–Kier alpha value is -4.39. The van der Waals surface area contributed by atoms with Crippen LogP contribution in [0.15, 0.2) is 85.3 Å². The molecule has 0 radical (unpaired) electrons. The van der Waals surface area contributed by atoms with E-state index in [4.69, 9.17) is 14.6 Å². The number of pyridine rings is 1. The van der Waals surface area contributed by atoms with Crippen LogP contribution in [0.4, 0.5) is 0 Å². The quantitative estimate of drug-likeness (QED) is 0.350. The van der Waals surface area contributed by atoms with Gasteiger partial charge in [-0.15, -0.1) is 0 Å². The second-order valence-electron chi connectivity index (χ2n) is 7.92. The Morgan fingerprint density at radius 2 is 1.83 bits per heavy atom. The average Bonchev–Trinajstić information content (AvgIpc) is 3.31. The van der Waals surface area contributed by atoms with Crippen molar-refractivity contribution in [3.05, 3.63) is 102 Å². The van der Waals surface area contributed by atoms with Gasteiger partial charge in [-0.1, -0.05) is 36.4 Å². The molecule has 7 heteroatoms. The van der Waals surface area contributed by atoms with Crippen molar-refractivity contribution >= 4 is 12.0 Å². The second-order valence-corrected chi connectivity index (χ2v) is 7.92. The molecule has 1 N–H and O–H groups in total. The molecular formula is C28H28N4O3. The third-order valence-electron chi connectivity index (χ3n) is 5.49. The molecule has 0 saturated carbocycles. The van der Waals surface area contributed by atoms with Crippen LogP contribution in [0.3, 0.4) is 0 Å². The largest absolute Gasteiger partial charge is 0.493 e. The number of rotatable bonds is 10. The number of aromatic nitrogens is 3. The summed E-state index contributed by atoms with van der Waals surface area (Å²) in [7, 11) is 3.21. The Morgan fingerprint density at radius 3 is 2.57 bits per heavy atom. The van der Waals surface area contributed by atoms with Crippen molar-refractivity contribution in [3.8, 4) is 22.8 Å². The lowest BCUT2D eigenvalue weighted by Crippen LogP contribution is -2.23. The van der Waals surface area contributed by atoms with Crippen LogP contribution in [-0.4, -0.2) is 41.4 Å². The molecule has 178 valence electrons. The van der Waals surface area contributed by atoms with E-state index in [9.17, 15) is 4.79 Å². The van der Waals surface area contributed by atoms with E-state index >= 15 is 0 Å². The average molecular weight is 469 g/mol. The molecule has 35 heavy (non-hydrogen) atoms. The molecule has 0 saturated heterocycles. The minimum absolute atomic E-state index is 0.168. The van der Waals surface area contributed by atoms with Crippen molar-refractivity contribution < 1.29 is 14.3 Å².